The summed E-state index contributed by atoms with van der Waals surface area (Å²) in [7, 11) is 0. The topological polar surface area (TPSA) is 67.8 Å². The Labute approximate surface area is 169 Å². The molecule has 2 N–H and O–H groups in total. The van der Waals surface area contributed by atoms with E-state index in [1.54, 1.807) is 0 Å². The van der Waals surface area contributed by atoms with Gasteiger partial charge in [0.15, 0.2) is 0 Å². The fourth-order valence-electron chi connectivity index (χ4n) is 3.68. The maximum absolute atomic E-state index is 12.1. The SMILES string of the molecule is O=C(N[C@H]1COc2cc(C3(O)CCSCC3)ccc2C1)OCc1ccccc1. The number of fused-ring (bicyclic) bond motifs is 1. The molecule has 2 heterocycles. The van der Waals surface area contributed by atoms with Crippen LogP contribution in [0.4, 0.5) is 4.79 Å². The molecule has 148 valence electrons. The number of ether oxygens (including phenoxy) is 2. The van der Waals surface area contributed by atoms with Crippen molar-refractivity contribution >= 4 is 17.9 Å². The van der Waals surface area contributed by atoms with Crippen LogP contribution in [0.2, 0.25) is 0 Å². The fraction of sp³-hybridized carbons (Fsp3) is 0.409. The molecular weight excluding hydrogens is 374 g/mol. The molecule has 0 spiro atoms. The predicted molar refractivity (Wildman–Crippen MR) is 110 cm³/mol. The number of rotatable bonds is 4. The van der Waals surface area contributed by atoms with Crippen molar-refractivity contribution in [3.63, 3.8) is 0 Å². The first kappa shape index (κ1) is 19.2. The molecule has 0 aromatic heterocycles. The summed E-state index contributed by atoms with van der Waals surface area (Å²) in [5, 5.41) is 13.8. The van der Waals surface area contributed by atoms with Crippen LogP contribution in [0.3, 0.4) is 0 Å². The lowest BCUT2D eigenvalue weighted by molar-refractivity contribution is 0.0277. The minimum atomic E-state index is -0.750. The number of hydrogen-bond acceptors (Lipinski definition) is 5. The molecule has 5 nitrogen and oxygen atoms in total. The lowest BCUT2D eigenvalue weighted by Crippen LogP contribution is -2.43. The van der Waals surface area contributed by atoms with Crippen LogP contribution in [0.1, 0.15) is 29.5 Å². The number of carbonyl (C=O) groups excluding carboxylic acids is 1. The van der Waals surface area contributed by atoms with Crippen molar-refractivity contribution in [1.82, 2.24) is 5.32 Å². The fourth-order valence-corrected chi connectivity index (χ4v) is 4.85. The molecule has 0 radical (unpaired) electrons. The first-order chi connectivity index (χ1) is 13.6. The Kier molecular flexibility index (Phi) is 5.78. The van der Waals surface area contributed by atoms with Gasteiger partial charge in [-0.25, -0.2) is 4.79 Å². The highest BCUT2D eigenvalue weighted by Gasteiger charge is 2.33. The highest BCUT2D eigenvalue weighted by atomic mass is 32.2. The first-order valence-electron chi connectivity index (χ1n) is 9.66. The summed E-state index contributed by atoms with van der Waals surface area (Å²) < 4.78 is 11.2. The zero-order valence-corrected chi connectivity index (χ0v) is 16.5. The van der Waals surface area contributed by atoms with Gasteiger partial charge in [-0.15, -0.1) is 0 Å². The van der Waals surface area contributed by atoms with Gasteiger partial charge in [0, 0.05) is 0 Å². The van der Waals surface area contributed by atoms with Crippen molar-refractivity contribution in [2.75, 3.05) is 18.1 Å². The van der Waals surface area contributed by atoms with Crippen LogP contribution in [-0.2, 0) is 23.4 Å². The van der Waals surface area contributed by atoms with Crippen molar-refractivity contribution < 1.29 is 19.4 Å². The Morgan fingerprint density at radius 1 is 1.21 bits per heavy atom. The molecular formula is C22H25NO4S. The Bertz CT molecular complexity index is 821. The second-order valence-electron chi connectivity index (χ2n) is 7.38. The van der Waals surface area contributed by atoms with Crippen molar-refractivity contribution in [3.8, 4) is 5.75 Å². The molecule has 2 aromatic rings. The molecule has 4 rings (SSSR count). The van der Waals surface area contributed by atoms with E-state index < -0.39 is 11.7 Å². The largest absolute Gasteiger partial charge is 0.491 e. The van der Waals surface area contributed by atoms with Gasteiger partial charge in [0.1, 0.15) is 19.0 Å². The number of benzene rings is 2. The molecule has 1 fully saturated rings. The highest BCUT2D eigenvalue weighted by molar-refractivity contribution is 7.99. The summed E-state index contributed by atoms with van der Waals surface area (Å²) in [6.07, 6.45) is 1.79. The van der Waals surface area contributed by atoms with Gasteiger partial charge in [0.2, 0.25) is 0 Å². The quantitative estimate of drug-likeness (QED) is 0.822. The molecule has 0 bridgehead atoms. The number of alkyl carbamates (subject to hydrolysis) is 1. The normalized spacial score (nSPS) is 20.5. The zero-order valence-electron chi connectivity index (χ0n) is 15.7. The van der Waals surface area contributed by atoms with E-state index in [1.165, 1.54) is 0 Å². The molecule has 0 unspecified atom stereocenters. The molecule has 0 aliphatic carbocycles. The smallest absolute Gasteiger partial charge is 0.407 e. The third-order valence-corrected chi connectivity index (χ3v) is 6.35. The van der Waals surface area contributed by atoms with Crippen LogP contribution in [-0.4, -0.2) is 35.4 Å². The first-order valence-corrected chi connectivity index (χ1v) is 10.8. The molecule has 2 aliphatic heterocycles. The summed E-state index contributed by atoms with van der Waals surface area (Å²) in [5.41, 5.74) is 2.17. The molecule has 2 aromatic carbocycles. The van der Waals surface area contributed by atoms with E-state index in [1.807, 2.05) is 60.3 Å². The average Bonchev–Trinajstić information content (AvgIpc) is 2.73. The molecule has 6 heteroatoms. The van der Waals surface area contributed by atoms with Crippen molar-refractivity contribution in [2.24, 2.45) is 0 Å². The maximum atomic E-state index is 12.1. The number of hydrogen-bond donors (Lipinski definition) is 2. The zero-order chi connectivity index (χ0) is 19.4. The second-order valence-corrected chi connectivity index (χ2v) is 8.61. The van der Waals surface area contributed by atoms with E-state index in [9.17, 15) is 9.90 Å². The summed E-state index contributed by atoms with van der Waals surface area (Å²) in [6, 6.07) is 15.4. The van der Waals surface area contributed by atoms with E-state index in [0.717, 1.165) is 46.8 Å². The Morgan fingerprint density at radius 2 is 2.00 bits per heavy atom. The van der Waals surface area contributed by atoms with Gasteiger partial charge in [-0.3, -0.25) is 0 Å². The Balaban J connectivity index is 1.34. The van der Waals surface area contributed by atoms with Crippen LogP contribution >= 0.6 is 11.8 Å². The van der Waals surface area contributed by atoms with Crippen LogP contribution in [0.25, 0.3) is 0 Å². The number of thioether (sulfide) groups is 1. The number of nitrogens with one attached hydrogen (secondary N) is 1. The van der Waals surface area contributed by atoms with Gasteiger partial charge in [-0.2, -0.15) is 11.8 Å². The standard InChI is InChI=1S/C22H25NO4S/c24-21(27-14-16-4-2-1-3-5-16)23-19-12-17-6-7-18(13-20(17)26-15-19)22(25)8-10-28-11-9-22/h1-7,13,19,25H,8-12,14-15H2,(H,23,24)/t19-/m1/s1. The van der Waals surface area contributed by atoms with Crippen LogP contribution in [0.15, 0.2) is 48.5 Å². The van der Waals surface area contributed by atoms with Crippen molar-refractivity contribution in [3.05, 3.63) is 65.2 Å². The van der Waals surface area contributed by atoms with Gasteiger partial charge in [0.25, 0.3) is 0 Å². The number of aliphatic hydroxyl groups is 1. The maximum Gasteiger partial charge on any atom is 0.407 e. The lowest BCUT2D eigenvalue weighted by atomic mass is 9.86. The highest BCUT2D eigenvalue weighted by Crippen LogP contribution is 2.38. The average molecular weight is 400 g/mol. The van der Waals surface area contributed by atoms with Crippen molar-refractivity contribution in [1.29, 1.82) is 0 Å². The minimum Gasteiger partial charge on any atom is -0.491 e. The number of amides is 1. The van der Waals surface area contributed by atoms with Crippen molar-refractivity contribution in [2.45, 2.75) is 37.5 Å². The summed E-state index contributed by atoms with van der Waals surface area (Å²) in [5.74, 6) is 2.76. The lowest BCUT2D eigenvalue weighted by Gasteiger charge is -2.33. The summed E-state index contributed by atoms with van der Waals surface area (Å²) in [4.78, 5) is 12.1. The Morgan fingerprint density at radius 3 is 2.79 bits per heavy atom. The van der Waals surface area contributed by atoms with E-state index in [-0.39, 0.29) is 12.6 Å². The molecule has 28 heavy (non-hydrogen) atoms. The Hall–Kier alpha value is -2.18. The van der Waals surface area contributed by atoms with E-state index >= 15 is 0 Å². The van der Waals surface area contributed by atoms with Crippen LogP contribution in [0, 0.1) is 0 Å². The predicted octanol–water partition coefficient (Wildman–Crippen LogP) is 3.63. The molecule has 1 atom stereocenters. The van der Waals surface area contributed by atoms with Crippen LogP contribution < -0.4 is 10.1 Å². The van der Waals surface area contributed by atoms with E-state index in [2.05, 4.69) is 5.32 Å². The third-order valence-electron chi connectivity index (χ3n) is 5.37. The summed E-state index contributed by atoms with van der Waals surface area (Å²) in [6.45, 7) is 0.641. The molecule has 1 saturated heterocycles. The molecule has 2 aliphatic rings. The molecule has 0 saturated carbocycles. The van der Waals surface area contributed by atoms with E-state index in [4.69, 9.17) is 9.47 Å². The van der Waals surface area contributed by atoms with Gasteiger partial charge < -0.3 is 19.9 Å². The second kappa shape index (κ2) is 8.45. The third kappa shape index (κ3) is 4.45. The number of carbonyl (C=O) groups is 1. The van der Waals surface area contributed by atoms with Gasteiger partial charge >= 0.3 is 6.09 Å². The molecule has 1 amide bonds. The van der Waals surface area contributed by atoms with Crippen LogP contribution in [0.5, 0.6) is 5.75 Å². The van der Waals surface area contributed by atoms with Gasteiger partial charge in [-0.05, 0) is 53.5 Å². The van der Waals surface area contributed by atoms with Gasteiger partial charge in [-0.1, -0.05) is 42.5 Å². The summed E-state index contributed by atoms with van der Waals surface area (Å²) >= 11 is 1.89. The minimum absolute atomic E-state index is 0.129. The monoisotopic (exact) mass is 399 g/mol. The van der Waals surface area contributed by atoms with E-state index in [0.29, 0.717) is 13.0 Å². The van der Waals surface area contributed by atoms with Gasteiger partial charge in [0.05, 0.1) is 11.6 Å².